The number of carbonyl (C=O) groups excluding carboxylic acids is 2. The second-order valence-electron chi connectivity index (χ2n) is 5.38. The minimum atomic E-state index is -0.713. The molecule has 0 unspecified atom stereocenters. The molecule has 7 heteroatoms. The van der Waals surface area contributed by atoms with Crippen molar-refractivity contribution in [2.24, 2.45) is 0 Å². The van der Waals surface area contributed by atoms with Crippen LogP contribution < -0.4 is 4.74 Å². The zero-order valence-corrected chi connectivity index (χ0v) is 16.3. The second-order valence-corrected chi connectivity index (χ2v) is 6.23. The van der Waals surface area contributed by atoms with Crippen molar-refractivity contribution in [1.82, 2.24) is 0 Å². The van der Waals surface area contributed by atoms with E-state index in [1.807, 2.05) is 0 Å². The molecule has 0 aliphatic heterocycles. The summed E-state index contributed by atoms with van der Waals surface area (Å²) in [6.07, 6.45) is 4.11. The maximum Gasteiger partial charge on any atom is 0.348 e. The van der Waals surface area contributed by atoms with Gasteiger partial charge in [0.15, 0.2) is 0 Å². The third kappa shape index (κ3) is 6.27. The highest BCUT2D eigenvalue weighted by Gasteiger charge is 2.10. The van der Waals surface area contributed by atoms with Crippen LogP contribution in [0.1, 0.15) is 18.1 Å². The number of hydrogen-bond acceptors (Lipinski definition) is 5. The topological polar surface area (TPSA) is 76.4 Å². The maximum absolute atomic E-state index is 12.0. The summed E-state index contributed by atoms with van der Waals surface area (Å²) in [4.78, 5) is 23.7. The molecule has 0 saturated heterocycles. The Bertz CT molecular complexity index is 990. The second kappa shape index (κ2) is 10.3. The first-order valence-electron chi connectivity index (χ1n) is 8.17. The SMILES string of the molecule is CCOC(=O)/C(C#N)=C\c1cccc(OC(=O)/C=C/c2ccc(Cl)cc2Cl)c1. The summed E-state index contributed by atoms with van der Waals surface area (Å²) in [7, 11) is 0. The van der Waals surface area contributed by atoms with Gasteiger partial charge < -0.3 is 9.47 Å². The molecule has 0 aromatic heterocycles. The molecule has 0 spiro atoms. The molecule has 0 fully saturated rings. The Balaban J connectivity index is 2.11. The largest absolute Gasteiger partial charge is 0.462 e. The summed E-state index contributed by atoms with van der Waals surface area (Å²) in [5.74, 6) is -1.07. The number of hydrogen-bond donors (Lipinski definition) is 0. The van der Waals surface area contributed by atoms with Gasteiger partial charge in [-0.05, 0) is 54.5 Å². The van der Waals surface area contributed by atoms with Gasteiger partial charge in [0.2, 0.25) is 0 Å². The van der Waals surface area contributed by atoms with Gasteiger partial charge >= 0.3 is 11.9 Å². The molecule has 28 heavy (non-hydrogen) atoms. The molecule has 2 rings (SSSR count). The highest BCUT2D eigenvalue weighted by molar-refractivity contribution is 6.35. The highest BCUT2D eigenvalue weighted by atomic mass is 35.5. The van der Waals surface area contributed by atoms with E-state index in [1.165, 1.54) is 24.3 Å². The number of esters is 2. The molecule has 5 nitrogen and oxygen atoms in total. The first-order chi connectivity index (χ1) is 13.4. The predicted octanol–water partition coefficient (Wildman–Crippen LogP) is 5.08. The number of nitrogens with zero attached hydrogens (tertiary/aromatic N) is 1. The standard InChI is InChI=1S/C21H15Cl2NO4/c1-2-27-21(26)16(13-24)10-14-4-3-5-18(11-14)28-20(25)9-7-15-6-8-17(22)12-19(15)23/h3-12H,2H2,1H3/b9-7+,16-10-. The molecule has 2 aromatic carbocycles. The molecule has 0 N–H and O–H groups in total. The lowest BCUT2D eigenvalue weighted by Gasteiger charge is -2.04. The van der Waals surface area contributed by atoms with Crippen LogP contribution in [0.5, 0.6) is 5.75 Å². The van der Waals surface area contributed by atoms with Crippen molar-refractivity contribution < 1.29 is 19.1 Å². The third-order valence-corrected chi connectivity index (χ3v) is 3.93. The van der Waals surface area contributed by atoms with E-state index in [9.17, 15) is 9.59 Å². The molecule has 0 saturated carbocycles. The van der Waals surface area contributed by atoms with Crippen LogP contribution in [-0.2, 0) is 14.3 Å². The average molecular weight is 416 g/mol. The van der Waals surface area contributed by atoms with Crippen LogP contribution in [0.4, 0.5) is 0 Å². The predicted molar refractivity (Wildman–Crippen MR) is 108 cm³/mol. The van der Waals surface area contributed by atoms with E-state index < -0.39 is 11.9 Å². The highest BCUT2D eigenvalue weighted by Crippen LogP contribution is 2.22. The fourth-order valence-electron chi connectivity index (χ4n) is 2.12. The number of ether oxygens (including phenoxy) is 2. The summed E-state index contributed by atoms with van der Waals surface area (Å²) in [5.41, 5.74) is 0.982. The molecule has 0 aliphatic rings. The Morgan fingerprint density at radius 2 is 1.96 bits per heavy atom. The van der Waals surface area contributed by atoms with Gasteiger partial charge in [-0.1, -0.05) is 41.4 Å². The zero-order valence-electron chi connectivity index (χ0n) is 14.8. The van der Waals surface area contributed by atoms with E-state index in [-0.39, 0.29) is 17.9 Å². The summed E-state index contributed by atoms with van der Waals surface area (Å²) in [5, 5.41) is 9.99. The molecule has 0 radical (unpaired) electrons. The van der Waals surface area contributed by atoms with Crippen LogP contribution in [-0.4, -0.2) is 18.5 Å². The lowest BCUT2D eigenvalue weighted by atomic mass is 10.1. The minimum absolute atomic E-state index is 0.150. The van der Waals surface area contributed by atoms with Crippen molar-refractivity contribution >= 4 is 47.3 Å². The smallest absolute Gasteiger partial charge is 0.348 e. The van der Waals surface area contributed by atoms with Gasteiger partial charge in [-0.25, -0.2) is 9.59 Å². The molecule has 2 aromatic rings. The quantitative estimate of drug-likeness (QED) is 0.284. The number of carbonyl (C=O) groups is 2. The van der Waals surface area contributed by atoms with Crippen LogP contribution in [0, 0.1) is 11.3 Å². The van der Waals surface area contributed by atoms with E-state index in [0.717, 1.165) is 0 Å². The van der Waals surface area contributed by atoms with Gasteiger partial charge in [-0.15, -0.1) is 0 Å². The summed E-state index contributed by atoms with van der Waals surface area (Å²) >= 11 is 11.9. The first kappa shape index (κ1) is 21.2. The third-order valence-electron chi connectivity index (χ3n) is 3.36. The average Bonchev–Trinajstić information content (AvgIpc) is 2.66. The van der Waals surface area contributed by atoms with Crippen molar-refractivity contribution in [1.29, 1.82) is 5.26 Å². The Hall–Kier alpha value is -3.07. The summed E-state index contributed by atoms with van der Waals surface area (Å²) < 4.78 is 10.0. The van der Waals surface area contributed by atoms with Gasteiger partial charge in [0.1, 0.15) is 17.4 Å². The van der Waals surface area contributed by atoms with Crippen LogP contribution in [0.25, 0.3) is 12.2 Å². The monoisotopic (exact) mass is 415 g/mol. The molecule has 0 bridgehead atoms. The van der Waals surface area contributed by atoms with E-state index in [0.29, 0.717) is 21.2 Å². The maximum atomic E-state index is 12.0. The van der Waals surface area contributed by atoms with Gasteiger partial charge in [0, 0.05) is 16.1 Å². The van der Waals surface area contributed by atoms with E-state index >= 15 is 0 Å². The van der Waals surface area contributed by atoms with Gasteiger partial charge in [0.05, 0.1) is 6.61 Å². The number of nitriles is 1. The Morgan fingerprint density at radius 3 is 2.64 bits per heavy atom. The van der Waals surface area contributed by atoms with Crippen molar-refractivity contribution in [3.8, 4) is 11.8 Å². The van der Waals surface area contributed by atoms with Gasteiger partial charge in [-0.2, -0.15) is 5.26 Å². The molecule has 0 heterocycles. The Labute approximate surface area is 172 Å². The Kier molecular flexibility index (Phi) is 7.82. The zero-order chi connectivity index (χ0) is 20.5. The molecule has 0 atom stereocenters. The lowest BCUT2D eigenvalue weighted by Crippen LogP contribution is -2.06. The van der Waals surface area contributed by atoms with E-state index in [2.05, 4.69) is 0 Å². The van der Waals surface area contributed by atoms with Crippen LogP contribution >= 0.6 is 23.2 Å². The lowest BCUT2D eigenvalue weighted by molar-refractivity contribution is -0.138. The Morgan fingerprint density at radius 1 is 1.18 bits per heavy atom. The van der Waals surface area contributed by atoms with E-state index in [4.69, 9.17) is 37.9 Å². The van der Waals surface area contributed by atoms with Crippen LogP contribution in [0.3, 0.4) is 0 Å². The van der Waals surface area contributed by atoms with Crippen molar-refractivity contribution in [3.05, 3.63) is 75.3 Å². The van der Waals surface area contributed by atoms with Gasteiger partial charge in [-0.3, -0.25) is 0 Å². The molecular weight excluding hydrogens is 401 g/mol. The van der Waals surface area contributed by atoms with Crippen LogP contribution in [0.2, 0.25) is 10.0 Å². The van der Waals surface area contributed by atoms with Crippen LogP contribution in [0.15, 0.2) is 54.1 Å². The number of benzene rings is 2. The molecule has 142 valence electrons. The molecule has 0 aliphatic carbocycles. The fraction of sp³-hybridized carbons (Fsp3) is 0.0952. The number of rotatable bonds is 6. The number of halogens is 2. The first-order valence-corrected chi connectivity index (χ1v) is 8.92. The summed E-state index contributed by atoms with van der Waals surface area (Å²) in [6.45, 7) is 1.82. The normalized spacial score (nSPS) is 11.1. The molecule has 0 amide bonds. The van der Waals surface area contributed by atoms with E-state index in [1.54, 1.807) is 49.4 Å². The van der Waals surface area contributed by atoms with Gasteiger partial charge in [0.25, 0.3) is 0 Å². The summed E-state index contributed by atoms with van der Waals surface area (Å²) in [6, 6.07) is 13.1. The van der Waals surface area contributed by atoms with Crippen molar-refractivity contribution in [3.63, 3.8) is 0 Å². The van der Waals surface area contributed by atoms with Crippen molar-refractivity contribution in [2.45, 2.75) is 6.92 Å². The molecular formula is C21H15Cl2NO4. The van der Waals surface area contributed by atoms with Crippen molar-refractivity contribution in [2.75, 3.05) is 6.61 Å². The minimum Gasteiger partial charge on any atom is -0.462 e. The fourth-order valence-corrected chi connectivity index (χ4v) is 2.60.